The molecule has 0 aliphatic rings. The van der Waals surface area contributed by atoms with Crippen LogP contribution in [0.4, 0.5) is 17.1 Å². The van der Waals surface area contributed by atoms with Gasteiger partial charge in [0.05, 0.1) is 5.69 Å². The van der Waals surface area contributed by atoms with Gasteiger partial charge in [-0.1, -0.05) is 255 Å². The van der Waals surface area contributed by atoms with Crippen molar-refractivity contribution in [3.05, 3.63) is 285 Å². The molecule has 0 aliphatic heterocycles. The smallest absolute Gasteiger partial charge is 0.0618 e. The third-order valence-electron chi connectivity index (χ3n) is 13.5. The van der Waals surface area contributed by atoms with Crippen LogP contribution in [0.25, 0.3) is 99.4 Å². The van der Waals surface area contributed by atoms with Crippen molar-refractivity contribution in [1.82, 2.24) is 0 Å². The van der Waals surface area contributed by atoms with E-state index in [1.165, 1.54) is 71.6 Å². The Balaban J connectivity index is 1.11. The van der Waals surface area contributed by atoms with Gasteiger partial charge in [-0.3, -0.25) is 0 Å². The summed E-state index contributed by atoms with van der Waals surface area (Å²) >= 11 is 0. The number of benzene rings is 12. The molecule has 69 heavy (non-hydrogen) atoms. The summed E-state index contributed by atoms with van der Waals surface area (Å²) in [7, 11) is 0. The van der Waals surface area contributed by atoms with E-state index in [1.807, 2.05) is 0 Å². The predicted octanol–water partition coefficient (Wildman–Crippen LogP) is 19.1. The van der Waals surface area contributed by atoms with Crippen LogP contribution in [0.1, 0.15) is 0 Å². The molecule has 1 heteroatoms. The fourth-order valence-corrected chi connectivity index (χ4v) is 10.3. The molecular formula is C68H47N. The van der Waals surface area contributed by atoms with Gasteiger partial charge in [0.25, 0.3) is 0 Å². The minimum absolute atomic E-state index is 1.06. The summed E-state index contributed by atoms with van der Waals surface area (Å²) in [5, 5.41) is 4.86. The standard InChI is InChI=1S/C68H47N/c1-7-22-48(23-8-1)55-40-44-58(64(46-55)51-28-13-4-14-29-51)52-38-41-56(42-39-52)69(68-59(49-24-9-2-10-25-49)36-21-37-60(68)50-26-11-3-12-27-50)57-43-45-63-65(47-57)61-34-19-20-35-62(61)66(53-30-15-5-16-31-53)67(63)54-32-17-6-18-33-54/h1-47H. The Morgan fingerprint density at radius 1 is 0.188 bits per heavy atom. The van der Waals surface area contributed by atoms with Crippen LogP contribution in [0.15, 0.2) is 285 Å². The summed E-state index contributed by atoms with van der Waals surface area (Å²) in [6.07, 6.45) is 0. The zero-order chi connectivity index (χ0) is 45.9. The van der Waals surface area contributed by atoms with Gasteiger partial charge in [-0.25, -0.2) is 0 Å². The monoisotopic (exact) mass is 877 g/mol. The van der Waals surface area contributed by atoms with E-state index in [0.717, 1.165) is 44.9 Å². The average molecular weight is 878 g/mol. The fourth-order valence-electron chi connectivity index (χ4n) is 10.3. The molecule has 0 bridgehead atoms. The van der Waals surface area contributed by atoms with Crippen LogP contribution in [0.2, 0.25) is 0 Å². The molecule has 0 heterocycles. The van der Waals surface area contributed by atoms with Gasteiger partial charge < -0.3 is 4.90 Å². The van der Waals surface area contributed by atoms with Crippen LogP contribution in [0.5, 0.6) is 0 Å². The van der Waals surface area contributed by atoms with Gasteiger partial charge in [-0.05, 0) is 119 Å². The molecule has 0 saturated carbocycles. The van der Waals surface area contributed by atoms with Crippen LogP contribution < -0.4 is 4.90 Å². The molecule has 0 spiro atoms. The van der Waals surface area contributed by atoms with Crippen molar-refractivity contribution in [3.8, 4) is 77.9 Å². The van der Waals surface area contributed by atoms with Crippen LogP contribution >= 0.6 is 0 Å². The second kappa shape index (κ2) is 18.3. The molecule has 1 nitrogen and oxygen atoms in total. The molecule has 0 aromatic heterocycles. The summed E-state index contributed by atoms with van der Waals surface area (Å²) in [6.45, 7) is 0. The molecule has 0 unspecified atom stereocenters. The first-order valence-corrected chi connectivity index (χ1v) is 23.8. The van der Waals surface area contributed by atoms with Crippen molar-refractivity contribution >= 4 is 38.6 Å². The summed E-state index contributed by atoms with van der Waals surface area (Å²) < 4.78 is 0. The Morgan fingerprint density at radius 2 is 0.580 bits per heavy atom. The number of hydrogen-bond acceptors (Lipinski definition) is 1. The number of anilines is 3. The molecule has 12 rings (SSSR count). The Hall–Kier alpha value is -9.04. The lowest BCUT2D eigenvalue weighted by Gasteiger charge is -2.31. The van der Waals surface area contributed by atoms with E-state index in [1.54, 1.807) is 0 Å². The van der Waals surface area contributed by atoms with E-state index >= 15 is 0 Å². The van der Waals surface area contributed by atoms with Gasteiger partial charge in [0, 0.05) is 22.5 Å². The average Bonchev–Trinajstić information content (AvgIpc) is 3.44. The lowest BCUT2D eigenvalue weighted by atomic mass is 9.85. The van der Waals surface area contributed by atoms with Crippen molar-refractivity contribution in [1.29, 1.82) is 0 Å². The highest BCUT2D eigenvalue weighted by Gasteiger charge is 2.24. The van der Waals surface area contributed by atoms with Crippen molar-refractivity contribution in [2.45, 2.75) is 0 Å². The molecule has 0 amide bonds. The Bertz CT molecular complexity index is 3660. The van der Waals surface area contributed by atoms with Gasteiger partial charge in [0.15, 0.2) is 0 Å². The molecule has 0 saturated heterocycles. The van der Waals surface area contributed by atoms with E-state index < -0.39 is 0 Å². The fraction of sp³-hybridized carbons (Fsp3) is 0. The molecule has 324 valence electrons. The summed E-state index contributed by atoms with van der Waals surface area (Å²) in [5.41, 5.74) is 19.9. The highest BCUT2D eigenvalue weighted by Crippen LogP contribution is 2.50. The quantitative estimate of drug-likeness (QED) is 0.124. The number of para-hydroxylation sites is 1. The number of hydrogen-bond donors (Lipinski definition) is 0. The first-order valence-electron chi connectivity index (χ1n) is 23.8. The maximum atomic E-state index is 2.49. The molecule has 0 aliphatic carbocycles. The van der Waals surface area contributed by atoms with E-state index in [0.29, 0.717) is 0 Å². The normalized spacial score (nSPS) is 11.2. The van der Waals surface area contributed by atoms with E-state index in [2.05, 4.69) is 290 Å². The summed E-state index contributed by atoms with van der Waals surface area (Å²) in [5.74, 6) is 0. The van der Waals surface area contributed by atoms with E-state index in [4.69, 9.17) is 0 Å². The molecular weight excluding hydrogens is 831 g/mol. The highest BCUT2D eigenvalue weighted by molar-refractivity contribution is 6.22. The second-order valence-electron chi connectivity index (χ2n) is 17.6. The zero-order valence-corrected chi connectivity index (χ0v) is 38.1. The van der Waals surface area contributed by atoms with Crippen molar-refractivity contribution in [2.24, 2.45) is 0 Å². The molecule has 0 fully saturated rings. The van der Waals surface area contributed by atoms with Crippen LogP contribution in [0, 0.1) is 0 Å². The number of fused-ring (bicyclic) bond motifs is 3. The van der Waals surface area contributed by atoms with Crippen molar-refractivity contribution in [3.63, 3.8) is 0 Å². The maximum Gasteiger partial charge on any atom is 0.0618 e. The van der Waals surface area contributed by atoms with Gasteiger partial charge >= 0.3 is 0 Å². The Labute approximate surface area is 404 Å². The number of rotatable bonds is 10. The van der Waals surface area contributed by atoms with Crippen molar-refractivity contribution < 1.29 is 0 Å². The molecule has 0 N–H and O–H groups in total. The SMILES string of the molecule is c1ccc(-c2ccc(-c3ccc(N(c4ccc5c(-c6ccccc6)c(-c6ccccc6)c6ccccc6c5c4)c4c(-c5ccccc5)cccc4-c4ccccc4)cc3)c(-c3ccccc3)c2)cc1. The first kappa shape index (κ1) is 41.4. The molecule has 12 aromatic rings. The van der Waals surface area contributed by atoms with Gasteiger partial charge in [-0.15, -0.1) is 0 Å². The molecule has 0 radical (unpaired) electrons. The first-order chi connectivity index (χ1) is 34.3. The maximum absolute atomic E-state index is 2.49. The van der Waals surface area contributed by atoms with Crippen LogP contribution in [-0.4, -0.2) is 0 Å². The Kier molecular flexibility index (Phi) is 11.0. The molecule has 12 aromatic carbocycles. The second-order valence-corrected chi connectivity index (χ2v) is 17.6. The minimum Gasteiger partial charge on any atom is -0.309 e. The van der Waals surface area contributed by atoms with Gasteiger partial charge in [0.1, 0.15) is 0 Å². The number of nitrogens with zero attached hydrogens (tertiary/aromatic N) is 1. The van der Waals surface area contributed by atoms with Crippen LogP contribution in [-0.2, 0) is 0 Å². The topological polar surface area (TPSA) is 3.24 Å². The van der Waals surface area contributed by atoms with E-state index in [-0.39, 0.29) is 0 Å². The third kappa shape index (κ3) is 7.86. The van der Waals surface area contributed by atoms with Crippen LogP contribution in [0.3, 0.4) is 0 Å². The summed E-state index contributed by atoms with van der Waals surface area (Å²) in [6, 6.07) is 104. The van der Waals surface area contributed by atoms with E-state index in [9.17, 15) is 0 Å². The zero-order valence-electron chi connectivity index (χ0n) is 38.1. The third-order valence-corrected chi connectivity index (χ3v) is 13.5. The predicted molar refractivity (Wildman–Crippen MR) is 294 cm³/mol. The lowest BCUT2D eigenvalue weighted by molar-refractivity contribution is 1.29. The molecule has 0 atom stereocenters. The lowest BCUT2D eigenvalue weighted by Crippen LogP contribution is -2.13. The van der Waals surface area contributed by atoms with Crippen molar-refractivity contribution in [2.75, 3.05) is 4.90 Å². The largest absolute Gasteiger partial charge is 0.309 e. The highest BCUT2D eigenvalue weighted by atomic mass is 15.1. The van der Waals surface area contributed by atoms with Gasteiger partial charge in [0.2, 0.25) is 0 Å². The van der Waals surface area contributed by atoms with Gasteiger partial charge in [-0.2, -0.15) is 0 Å². The minimum atomic E-state index is 1.06. The summed E-state index contributed by atoms with van der Waals surface area (Å²) in [4.78, 5) is 2.49. The Morgan fingerprint density at radius 3 is 1.10 bits per heavy atom.